The number of carbonyl (C=O) groups excluding carboxylic acids is 1. The maximum absolute atomic E-state index is 12.0. The second-order valence-electron chi connectivity index (χ2n) is 5.05. The molecule has 0 fully saturated rings. The number of rotatable bonds is 4. The smallest absolute Gasteiger partial charge is 0.284 e. The summed E-state index contributed by atoms with van der Waals surface area (Å²) in [5, 5.41) is 26.2. The summed E-state index contributed by atoms with van der Waals surface area (Å²) in [5.41, 5.74) is 1.65. The summed E-state index contributed by atoms with van der Waals surface area (Å²) >= 11 is 0. The summed E-state index contributed by atoms with van der Waals surface area (Å²) in [5.74, 6) is -0.360. The first kappa shape index (κ1) is 16.2. The Balaban J connectivity index is 1.64. The van der Waals surface area contributed by atoms with Crippen LogP contribution in [0.4, 0.5) is 5.69 Å². The number of amides is 1. The van der Waals surface area contributed by atoms with Gasteiger partial charge in [-0.25, -0.2) is 5.43 Å². The van der Waals surface area contributed by atoms with Gasteiger partial charge in [-0.05, 0) is 23.4 Å². The third kappa shape index (κ3) is 3.50. The molecule has 128 valence electrons. The lowest BCUT2D eigenvalue weighted by Gasteiger charge is -2.24. The Morgan fingerprint density at radius 1 is 1.24 bits per heavy atom. The van der Waals surface area contributed by atoms with Crippen molar-refractivity contribution in [2.24, 2.45) is 5.10 Å². The van der Waals surface area contributed by atoms with E-state index in [1.54, 1.807) is 24.3 Å². The highest BCUT2D eigenvalue weighted by molar-refractivity contribution is 5.87. The predicted molar refractivity (Wildman–Crippen MR) is 84.6 cm³/mol. The van der Waals surface area contributed by atoms with Crippen molar-refractivity contribution in [1.82, 2.24) is 5.43 Å². The zero-order valence-corrected chi connectivity index (χ0v) is 12.7. The second-order valence-corrected chi connectivity index (χ2v) is 5.05. The standard InChI is InChI=1S/C16H13N3O6/c20-15-10(4-3-5-11(15)19(22)23)8-17-18-16(21)14-9-24-12-6-1-2-7-13(12)25-14/h1-8,14,20H,9H2,(H,18,21)/p-1/b17-8-/t14-/m1/s1. The van der Waals surface area contributed by atoms with Crippen molar-refractivity contribution in [3.63, 3.8) is 0 Å². The molecule has 1 amide bonds. The van der Waals surface area contributed by atoms with Gasteiger partial charge in [0.15, 0.2) is 11.5 Å². The number of hydrogen-bond donors (Lipinski definition) is 1. The Labute approximate surface area is 141 Å². The van der Waals surface area contributed by atoms with Crippen LogP contribution >= 0.6 is 0 Å². The van der Waals surface area contributed by atoms with E-state index in [1.807, 2.05) is 0 Å². The van der Waals surface area contributed by atoms with Crippen LogP contribution in [0.15, 0.2) is 47.6 Å². The van der Waals surface area contributed by atoms with Gasteiger partial charge >= 0.3 is 0 Å². The number of nitro benzene ring substituents is 1. The van der Waals surface area contributed by atoms with Crippen molar-refractivity contribution in [3.8, 4) is 17.2 Å². The van der Waals surface area contributed by atoms with Crippen LogP contribution in [-0.2, 0) is 4.79 Å². The van der Waals surface area contributed by atoms with Gasteiger partial charge in [0.2, 0.25) is 6.10 Å². The van der Waals surface area contributed by atoms with Gasteiger partial charge in [-0.15, -0.1) is 0 Å². The van der Waals surface area contributed by atoms with E-state index in [1.165, 1.54) is 12.1 Å². The number of para-hydroxylation sites is 3. The molecule has 0 aliphatic carbocycles. The van der Waals surface area contributed by atoms with E-state index in [2.05, 4.69) is 10.5 Å². The molecule has 0 aromatic heterocycles. The molecular formula is C16H12N3O6-. The Morgan fingerprint density at radius 3 is 2.76 bits per heavy atom. The summed E-state index contributed by atoms with van der Waals surface area (Å²) in [4.78, 5) is 22.0. The minimum absolute atomic E-state index is 0.0133. The van der Waals surface area contributed by atoms with Gasteiger partial charge in [0, 0.05) is 6.07 Å². The van der Waals surface area contributed by atoms with Crippen molar-refractivity contribution in [2.45, 2.75) is 6.10 Å². The van der Waals surface area contributed by atoms with Crippen LogP contribution in [0, 0.1) is 10.1 Å². The third-order valence-electron chi connectivity index (χ3n) is 3.40. The number of hydrazone groups is 1. The number of nitro groups is 1. The SMILES string of the molecule is O=C(N/N=C\c1cccc([N+](=O)[O-])c1[O-])[C@H]1COc2ccccc2O1. The molecule has 9 heteroatoms. The van der Waals surface area contributed by atoms with Crippen LogP contribution in [0.1, 0.15) is 5.56 Å². The highest BCUT2D eigenvalue weighted by Crippen LogP contribution is 2.30. The molecule has 0 bridgehead atoms. The lowest BCUT2D eigenvalue weighted by Crippen LogP contribution is -2.42. The monoisotopic (exact) mass is 342 g/mol. The number of benzene rings is 2. The van der Waals surface area contributed by atoms with Crippen LogP contribution in [0.2, 0.25) is 0 Å². The second kappa shape index (κ2) is 6.87. The molecule has 0 radical (unpaired) electrons. The molecule has 1 heterocycles. The molecule has 1 aliphatic heterocycles. The maximum atomic E-state index is 12.0. The van der Waals surface area contributed by atoms with Gasteiger partial charge < -0.3 is 14.6 Å². The molecular weight excluding hydrogens is 330 g/mol. The van der Waals surface area contributed by atoms with Gasteiger partial charge in [-0.1, -0.05) is 24.3 Å². The first-order valence-electron chi connectivity index (χ1n) is 7.22. The van der Waals surface area contributed by atoms with Crippen LogP contribution < -0.4 is 20.0 Å². The van der Waals surface area contributed by atoms with Crippen LogP contribution in [0.25, 0.3) is 0 Å². The number of nitrogens with zero attached hydrogens (tertiary/aromatic N) is 2. The Morgan fingerprint density at radius 2 is 2.00 bits per heavy atom. The first-order chi connectivity index (χ1) is 12.1. The lowest BCUT2D eigenvalue weighted by atomic mass is 10.2. The van der Waals surface area contributed by atoms with E-state index >= 15 is 0 Å². The van der Waals surface area contributed by atoms with Gasteiger partial charge in [-0.3, -0.25) is 14.9 Å². The maximum Gasteiger partial charge on any atom is 0.284 e. The Hall–Kier alpha value is -3.62. The molecule has 0 saturated heterocycles. The van der Waals surface area contributed by atoms with Crippen molar-refractivity contribution in [2.75, 3.05) is 6.61 Å². The number of carbonyl (C=O) groups is 1. The third-order valence-corrected chi connectivity index (χ3v) is 3.40. The van der Waals surface area contributed by atoms with Crippen molar-refractivity contribution in [1.29, 1.82) is 0 Å². The summed E-state index contributed by atoms with van der Waals surface area (Å²) in [6.07, 6.45) is 0.147. The fourth-order valence-electron chi connectivity index (χ4n) is 2.17. The normalized spacial score (nSPS) is 15.8. The van der Waals surface area contributed by atoms with Crippen LogP contribution in [0.3, 0.4) is 0 Å². The molecule has 9 nitrogen and oxygen atoms in total. The minimum Gasteiger partial charge on any atom is -0.867 e. The molecule has 1 atom stereocenters. The molecule has 0 saturated carbocycles. The van der Waals surface area contributed by atoms with E-state index < -0.39 is 28.4 Å². The first-order valence-corrected chi connectivity index (χ1v) is 7.22. The van der Waals surface area contributed by atoms with E-state index in [4.69, 9.17) is 9.47 Å². The van der Waals surface area contributed by atoms with Crippen LogP contribution in [0.5, 0.6) is 17.2 Å². The predicted octanol–water partition coefficient (Wildman–Crippen LogP) is 0.958. The van der Waals surface area contributed by atoms with E-state index in [-0.39, 0.29) is 12.2 Å². The van der Waals surface area contributed by atoms with Gasteiger partial charge in [0.05, 0.1) is 11.1 Å². The molecule has 3 rings (SSSR count). The molecule has 1 aliphatic rings. The molecule has 0 spiro atoms. The summed E-state index contributed by atoms with van der Waals surface area (Å²) < 4.78 is 10.9. The van der Waals surface area contributed by atoms with Gasteiger partial charge in [-0.2, -0.15) is 5.10 Å². The number of ether oxygens (including phenoxy) is 2. The number of hydrogen-bond acceptors (Lipinski definition) is 7. The zero-order valence-electron chi connectivity index (χ0n) is 12.7. The average molecular weight is 342 g/mol. The molecule has 1 N–H and O–H groups in total. The van der Waals surface area contributed by atoms with E-state index in [0.29, 0.717) is 11.5 Å². The van der Waals surface area contributed by atoms with Gasteiger partial charge in [0.25, 0.3) is 11.6 Å². The van der Waals surface area contributed by atoms with E-state index in [9.17, 15) is 20.0 Å². The number of nitrogens with one attached hydrogen (secondary N) is 1. The quantitative estimate of drug-likeness (QED) is 0.501. The summed E-state index contributed by atoms with van der Waals surface area (Å²) in [6, 6.07) is 10.7. The largest absolute Gasteiger partial charge is 0.867 e. The van der Waals surface area contributed by atoms with Crippen molar-refractivity contribution < 1.29 is 24.3 Å². The number of fused-ring (bicyclic) bond motifs is 1. The molecule has 0 unspecified atom stereocenters. The fraction of sp³-hybridized carbons (Fsp3) is 0.125. The minimum atomic E-state index is -0.899. The highest BCUT2D eigenvalue weighted by atomic mass is 16.6. The molecule has 2 aromatic rings. The zero-order chi connectivity index (χ0) is 17.8. The molecule has 25 heavy (non-hydrogen) atoms. The van der Waals surface area contributed by atoms with Crippen LogP contribution in [-0.4, -0.2) is 29.8 Å². The highest BCUT2D eigenvalue weighted by Gasteiger charge is 2.26. The van der Waals surface area contributed by atoms with Crippen molar-refractivity contribution in [3.05, 3.63) is 58.1 Å². The van der Waals surface area contributed by atoms with Gasteiger partial charge in [0.1, 0.15) is 6.61 Å². The van der Waals surface area contributed by atoms with Crippen molar-refractivity contribution >= 4 is 17.8 Å². The average Bonchev–Trinajstić information content (AvgIpc) is 2.62. The topological polar surface area (TPSA) is 126 Å². The molecule has 2 aromatic carbocycles. The van der Waals surface area contributed by atoms with E-state index in [0.717, 1.165) is 12.3 Å². The fourth-order valence-corrected chi connectivity index (χ4v) is 2.17. The Kier molecular flexibility index (Phi) is 4.46. The lowest BCUT2D eigenvalue weighted by molar-refractivity contribution is -0.398. The summed E-state index contributed by atoms with van der Waals surface area (Å²) in [7, 11) is 0. The summed E-state index contributed by atoms with van der Waals surface area (Å²) in [6.45, 7) is 0.0159. The Bertz CT molecular complexity index is 852.